The van der Waals surface area contributed by atoms with Gasteiger partial charge in [-0.2, -0.15) is 0 Å². The van der Waals surface area contributed by atoms with Gasteiger partial charge in [-0.15, -0.1) is 11.3 Å². The Bertz CT molecular complexity index is 868. The van der Waals surface area contributed by atoms with Crippen molar-refractivity contribution in [3.05, 3.63) is 53.4 Å². The van der Waals surface area contributed by atoms with E-state index in [1.807, 2.05) is 42.5 Å². The molecule has 1 aliphatic rings. The minimum atomic E-state index is -0.560. The average molecular weight is 398 g/mol. The van der Waals surface area contributed by atoms with Gasteiger partial charge < -0.3 is 15.4 Å². The molecule has 2 heterocycles. The van der Waals surface area contributed by atoms with Gasteiger partial charge >= 0.3 is 5.97 Å². The number of likely N-dealkylation sites (tertiary alicyclic amines) is 1. The summed E-state index contributed by atoms with van der Waals surface area (Å²) in [6.07, 6.45) is 4.11. The number of piperidine rings is 1. The topological polar surface area (TPSA) is 89.7 Å². The largest absolute Gasteiger partial charge is 0.452 e. The van der Waals surface area contributed by atoms with Crippen LogP contribution in [0.3, 0.4) is 0 Å². The second kappa shape index (κ2) is 9.32. The molecule has 2 amide bonds. The Balaban J connectivity index is 1.45. The van der Waals surface area contributed by atoms with Gasteiger partial charge in [-0.05, 0) is 36.6 Å². The summed E-state index contributed by atoms with van der Waals surface area (Å²) >= 11 is 1.57. The number of hydrogen-bond donors (Lipinski definition) is 1. The van der Waals surface area contributed by atoms with Crippen LogP contribution in [0.2, 0.25) is 0 Å². The van der Waals surface area contributed by atoms with E-state index in [9.17, 15) is 14.4 Å². The summed E-state index contributed by atoms with van der Waals surface area (Å²) < 4.78 is 5.04. The molecule has 0 saturated carbocycles. The molecule has 1 aliphatic heterocycles. The molecular formula is C21H22N2O4S. The van der Waals surface area contributed by atoms with Gasteiger partial charge in [0.1, 0.15) is 0 Å². The van der Waals surface area contributed by atoms with Gasteiger partial charge in [0.05, 0.1) is 0 Å². The van der Waals surface area contributed by atoms with Crippen molar-refractivity contribution in [2.75, 3.05) is 19.7 Å². The monoisotopic (exact) mass is 398 g/mol. The molecule has 1 aromatic carbocycles. The number of amides is 2. The molecule has 0 bridgehead atoms. The molecule has 2 N–H and O–H groups in total. The van der Waals surface area contributed by atoms with Crippen LogP contribution in [0.5, 0.6) is 0 Å². The lowest BCUT2D eigenvalue weighted by Crippen LogP contribution is -2.43. The second-order valence-corrected chi connectivity index (χ2v) is 7.68. The van der Waals surface area contributed by atoms with Gasteiger partial charge in [-0.1, -0.05) is 30.3 Å². The number of carbonyl (C=O) groups is 3. The summed E-state index contributed by atoms with van der Waals surface area (Å²) in [5.74, 6) is -1.32. The van der Waals surface area contributed by atoms with Gasteiger partial charge in [0.25, 0.3) is 5.91 Å². The average Bonchev–Trinajstić information content (AvgIpc) is 3.20. The van der Waals surface area contributed by atoms with Gasteiger partial charge in [-0.3, -0.25) is 9.59 Å². The third kappa shape index (κ3) is 5.29. The molecular weight excluding hydrogens is 376 g/mol. The fraction of sp³-hybridized carbons (Fsp3) is 0.286. The first kappa shape index (κ1) is 19.8. The van der Waals surface area contributed by atoms with Crippen LogP contribution in [0.25, 0.3) is 16.5 Å². The molecule has 7 heteroatoms. The summed E-state index contributed by atoms with van der Waals surface area (Å²) in [4.78, 5) is 38.8. The third-order valence-electron chi connectivity index (χ3n) is 4.66. The number of ether oxygens (including phenoxy) is 1. The van der Waals surface area contributed by atoms with E-state index in [1.54, 1.807) is 22.3 Å². The van der Waals surface area contributed by atoms with Crippen LogP contribution in [0.1, 0.15) is 17.7 Å². The summed E-state index contributed by atoms with van der Waals surface area (Å²) in [5.41, 5.74) is 6.41. The van der Waals surface area contributed by atoms with E-state index in [4.69, 9.17) is 10.5 Å². The van der Waals surface area contributed by atoms with Crippen LogP contribution in [0, 0.1) is 5.92 Å². The molecule has 3 rings (SSSR count). The van der Waals surface area contributed by atoms with Crippen LogP contribution in [0.15, 0.2) is 48.5 Å². The van der Waals surface area contributed by atoms with Gasteiger partial charge in [0.15, 0.2) is 6.61 Å². The van der Waals surface area contributed by atoms with E-state index in [0.29, 0.717) is 25.9 Å². The Morgan fingerprint density at radius 3 is 2.50 bits per heavy atom. The molecule has 6 nitrogen and oxygen atoms in total. The number of primary amides is 1. The lowest BCUT2D eigenvalue weighted by Gasteiger charge is -2.30. The molecule has 146 valence electrons. The fourth-order valence-electron chi connectivity index (χ4n) is 3.04. The smallest absolute Gasteiger partial charge is 0.331 e. The highest BCUT2D eigenvalue weighted by Crippen LogP contribution is 2.28. The molecule has 1 aromatic heterocycles. The van der Waals surface area contributed by atoms with Gasteiger partial charge in [-0.25, -0.2) is 4.79 Å². The highest BCUT2D eigenvalue weighted by atomic mass is 32.1. The minimum Gasteiger partial charge on any atom is -0.452 e. The zero-order valence-electron chi connectivity index (χ0n) is 15.4. The Kier molecular flexibility index (Phi) is 6.60. The predicted molar refractivity (Wildman–Crippen MR) is 108 cm³/mol. The first-order chi connectivity index (χ1) is 13.5. The van der Waals surface area contributed by atoms with Crippen molar-refractivity contribution in [1.29, 1.82) is 0 Å². The summed E-state index contributed by atoms with van der Waals surface area (Å²) in [6.45, 7) is 0.610. The van der Waals surface area contributed by atoms with Gasteiger partial charge in [0.2, 0.25) is 5.91 Å². The molecule has 1 fully saturated rings. The van der Waals surface area contributed by atoms with Crippen LogP contribution in [0.4, 0.5) is 0 Å². The van der Waals surface area contributed by atoms with E-state index >= 15 is 0 Å². The second-order valence-electron chi connectivity index (χ2n) is 6.57. The molecule has 0 atom stereocenters. The first-order valence-electron chi connectivity index (χ1n) is 9.10. The molecule has 1 saturated heterocycles. The lowest BCUT2D eigenvalue weighted by molar-refractivity contribution is -0.149. The number of carbonyl (C=O) groups excluding carboxylic acids is 3. The third-order valence-corrected chi connectivity index (χ3v) is 5.76. The number of rotatable bonds is 6. The van der Waals surface area contributed by atoms with Crippen molar-refractivity contribution in [3.8, 4) is 10.4 Å². The van der Waals surface area contributed by atoms with Crippen molar-refractivity contribution in [2.45, 2.75) is 12.8 Å². The van der Waals surface area contributed by atoms with Crippen molar-refractivity contribution in [1.82, 2.24) is 4.90 Å². The maximum absolute atomic E-state index is 12.1. The van der Waals surface area contributed by atoms with Crippen molar-refractivity contribution >= 4 is 35.2 Å². The van der Waals surface area contributed by atoms with E-state index in [2.05, 4.69) is 0 Å². The molecule has 0 spiro atoms. The Hall–Kier alpha value is -2.93. The van der Waals surface area contributed by atoms with Crippen LogP contribution in [-0.4, -0.2) is 42.4 Å². The van der Waals surface area contributed by atoms with Crippen molar-refractivity contribution in [3.63, 3.8) is 0 Å². The molecule has 0 radical (unpaired) electrons. The van der Waals surface area contributed by atoms with Gasteiger partial charge in [0, 0.05) is 34.8 Å². The highest BCUT2D eigenvalue weighted by molar-refractivity contribution is 7.16. The zero-order chi connectivity index (χ0) is 19.9. The number of esters is 1. The molecule has 0 unspecified atom stereocenters. The highest BCUT2D eigenvalue weighted by Gasteiger charge is 2.26. The van der Waals surface area contributed by atoms with Crippen LogP contribution >= 0.6 is 11.3 Å². The number of thiophene rings is 1. The molecule has 0 aliphatic carbocycles. The fourth-order valence-corrected chi connectivity index (χ4v) is 3.95. The minimum absolute atomic E-state index is 0.180. The zero-order valence-corrected chi connectivity index (χ0v) is 16.2. The lowest BCUT2D eigenvalue weighted by atomic mass is 9.96. The normalized spacial score (nSPS) is 14.9. The molecule has 2 aromatic rings. The van der Waals surface area contributed by atoms with Crippen molar-refractivity contribution in [2.24, 2.45) is 11.7 Å². The van der Waals surface area contributed by atoms with E-state index in [1.165, 1.54) is 6.08 Å². The number of hydrogen-bond acceptors (Lipinski definition) is 5. The summed E-state index contributed by atoms with van der Waals surface area (Å²) in [7, 11) is 0. The standard InChI is InChI=1S/C21H22N2O4S/c22-21(26)16-10-12-23(13-11-16)19(24)14-27-20(25)9-7-17-6-8-18(28-17)15-4-2-1-3-5-15/h1-9,16H,10-14H2,(H2,22,26)/b9-7+. The van der Waals surface area contributed by atoms with E-state index in [0.717, 1.165) is 15.3 Å². The number of nitrogens with zero attached hydrogens (tertiary/aromatic N) is 1. The Labute approximate surface area is 167 Å². The first-order valence-corrected chi connectivity index (χ1v) is 9.92. The van der Waals surface area contributed by atoms with Crippen molar-refractivity contribution < 1.29 is 19.1 Å². The van der Waals surface area contributed by atoms with E-state index in [-0.39, 0.29) is 24.3 Å². The summed E-state index contributed by atoms with van der Waals surface area (Å²) in [5, 5.41) is 0. The Morgan fingerprint density at radius 2 is 1.82 bits per heavy atom. The predicted octanol–water partition coefficient (Wildman–Crippen LogP) is 2.70. The van der Waals surface area contributed by atoms with E-state index < -0.39 is 5.97 Å². The molecule has 28 heavy (non-hydrogen) atoms. The quantitative estimate of drug-likeness (QED) is 0.598. The van der Waals surface area contributed by atoms with Crippen LogP contribution in [-0.2, 0) is 19.1 Å². The number of benzene rings is 1. The SMILES string of the molecule is NC(=O)C1CCN(C(=O)COC(=O)/C=C/c2ccc(-c3ccccc3)s2)CC1. The Morgan fingerprint density at radius 1 is 1.11 bits per heavy atom. The maximum Gasteiger partial charge on any atom is 0.331 e. The summed E-state index contributed by atoms with van der Waals surface area (Å²) in [6, 6.07) is 13.9. The number of nitrogens with two attached hydrogens (primary N) is 1. The maximum atomic E-state index is 12.1. The van der Waals surface area contributed by atoms with Crippen LogP contribution < -0.4 is 5.73 Å².